The lowest BCUT2D eigenvalue weighted by Gasteiger charge is -2.11. The van der Waals surface area contributed by atoms with Gasteiger partial charge in [-0.3, -0.25) is 4.68 Å². The fourth-order valence-electron chi connectivity index (χ4n) is 2.32. The van der Waals surface area contributed by atoms with Crippen molar-refractivity contribution < 1.29 is 0 Å². The molecule has 1 heterocycles. The van der Waals surface area contributed by atoms with Crippen LogP contribution in [0.2, 0.25) is 5.02 Å². The van der Waals surface area contributed by atoms with Crippen molar-refractivity contribution in [1.82, 2.24) is 15.1 Å². The summed E-state index contributed by atoms with van der Waals surface area (Å²) in [7, 11) is 0. The van der Waals surface area contributed by atoms with E-state index < -0.39 is 0 Å². The minimum Gasteiger partial charge on any atom is -0.362 e. The number of hydrogen-bond donors (Lipinski definition) is 2. The summed E-state index contributed by atoms with van der Waals surface area (Å²) in [6.45, 7) is 7.66. The van der Waals surface area contributed by atoms with Crippen LogP contribution in [-0.2, 0) is 13.0 Å². The molecule has 0 amide bonds. The molecule has 2 rings (SSSR count). The Balaban J connectivity index is 1.73. The summed E-state index contributed by atoms with van der Waals surface area (Å²) in [5.74, 6) is 0. The van der Waals surface area contributed by atoms with E-state index in [2.05, 4.69) is 34.8 Å². The second-order valence-corrected chi connectivity index (χ2v) is 6.28. The molecule has 0 spiro atoms. The van der Waals surface area contributed by atoms with Gasteiger partial charge in [0.05, 0.1) is 16.4 Å². The maximum absolute atomic E-state index is 6.14. The Morgan fingerprint density at radius 1 is 1.26 bits per heavy atom. The van der Waals surface area contributed by atoms with Gasteiger partial charge in [-0.2, -0.15) is 5.10 Å². The molecular weight excluding hydrogens is 328 g/mol. The zero-order chi connectivity index (χ0) is 16.8. The van der Waals surface area contributed by atoms with Crippen molar-refractivity contribution in [3.8, 4) is 0 Å². The van der Waals surface area contributed by atoms with Crippen molar-refractivity contribution in [2.75, 3.05) is 11.9 Å². The molecule has 0 bridgehead atoms. The first-order chi connectivity index (χ1) is 11.0. The van der Waals surface area contributed by atoms with Crippen molar-refractivity contribution in [2.24, 2.45) is 0 Å². The molecule has 0 saturated heterocycles. The van der Waals surface area contributed by atoms with E-state index in [1.165, 1.54) is 5.56 Å². The highest BCUT2D eigenvalue weighted by atomic mass is 35.5. The zero-order valence-corrected chi connectivity index (χ0v) is 15.4. The summed E-state index contributed by atoms with van der Waals surface area (Å²) in [6, 6.07) is 8.31. The van der Waals surface area contributed by atoms with E-state index in [9.17, 15) is 0 Å². The Hall–Kier alpha value is -1.59. The van der Waals surface area contributed by atoms with Crippen LogP contribution in [0.15, 0.2) is 24.3 Å². The van der Waals surface area contributed by atoms with Crippen molar-refractivity contribution in [3.63, 3.8) is 0 Å². The first kappa shape index (κ1) is 17.8. The van der Waals surface area contributed by atoms with E-state index in [-0.39, 0.29) is 0 Å². The molecule has 0 aliphatic heterocycles. The average Bonchev–Trinajstić information content (AvgIpc) is 2.79. The van der Waals surface area contributed by atoms with Crippen molar-refractivity contribution in [1.29, 1.82) is 0 Å². The largest absolute Gasteiger partial charge is 0.362 e. The summed E-state index contributed by atoms with van der Waals surface area (Å²) in [4.78, 5) is 0. The normalized spacial score (nSPS) is 10.6. The van der Waals surface area contributed by atoms with E-state index in [1.807, 2.05) is 30.7 Å². The van der Waals surface area contributed by atoms with Gasteiger partial charge in [0, 0.05) is 18.8 Å². The van der Waals surface area contributed by atoms with Gasteiger partial charge in [-0.15, -0.1) is 0 Å². The van der Waals surface area contributed by atoms with Gasteiger partial charge in [-0.1, -0.05) is 30.7 Å². The van der Waals surface area contributed by atoms with Crippen molar-refractivity contribution in [2.45, 2.75) is 40.2 Å². The Morgan fingerprint density at radius 3 is 2.52 bits per heavy atom. The smallest absolute Gasteiger partial charge is 0.170 e. The Bertz CT molecular complexity index is 664. The molecule has 0 atom stereocenters. The third kappa shape index (κ3) is 4.94. The van der Waals surface area contributed by atoms with Gasteiger partial charge >= 0.3 is 0 Å². The number of anilines is 1. The molecule has 23 heavy (non-hydrogen) atoms. The molecule has 0 fully saturated rings. The standard InChI is InChI=1S/C17H23ClN4S/c1-4-14-6-8-15(9-7-14)20-17(23)19-10-5-11-22-13(3)16(18)12(2)21-22/h6-9H,4-5,10-11H2,1-3H3,(H2,19,20,23). The second-order valence-electron chi connectivity index (χ2n) is 5.49. The molecule has 0 radical (unpaired) electrons. The Kier molecular flexibility index (Phi) is 6.42. The monoisotopic (exact) mass is 350 g/mol. The minimum absolute atomic E-state index is 0.639. The fourth-order valence-corrected chi connectivity index (χ4v) is 2.68. The summed E-state index contributed by atoms with van der Waals surface area (Å²) in [6.07, 6.45) is 1.97. The van der Waals surface area contributed by atoms with Crippen LogP contribution in [0.3, 0.4) is 0 Å². The van der Waals surface area contributed by atoms with E-state index in [4.69, 9.17) is 23.8 Å². The number of nitrogens with one attached hydrogen (secondary N) is 2. The van der Waals surface area contributed by atoms with Crippen LogP contribution >= 0.6 is 23.8 Å². The SMILES string of the molecule is CCc1ccc(NC(=S)NCCCn2nc(C)c(Cl)c2C)cc1. The first-order valence-electron chi connectivity index (χ1n) is 7.84. The number of rotatable bonds is 6. The quantitative estimate of drug-likeness (QED) is 0.608. The van der Waals surface area contributed by atoms with Gasteiger partial charge in [-0.25, -0.2) is 0 Å². The fraction of sp³-hybridized carbons (Fsp3) is 0.412. The van der Waals surface area contributed by atoms with E-state index >= 15 is 0 Å². The van der Waals surface area contributed by atoms with Crippen molar-refractivity contribution in [3.05, 3.63) is 46.2 Å². The summed E-state index contributed by atoms with van der Waals surface area (Å²) >= 11 is 11.5. The molecule has 0 aliphatic rings. The van der Waals surface area contributed by atoms with E-state index in [0.29, 0.717) is 5.11 Å². The predicted molar refractivity (Wildman–Crippen MR) is 101 cm³/mol. The molecule has 2 aromatic rings. The maximum atomic E-state index is 6.14. The predicted octanol–water partition coefficient (Wildman–Crippen LogP) is 4.09. The number of hydrogen-bond acceptors (Lipinski definition) is 2. The highest BCUT2D eigenvalue weighted by molar-refractivity contribution is 7.80. The molecule has 124 valence electrons. The van der Waals surface area contributed by atoms with Gasteiger partial charge < -0.3 is 10.6 Å². The Morgan fingerprint density at radius 2 is 1.96 bits per heavy atom. The molecule has 1 aromatic heterocycles. The molecule has 0 unspecified atom stereocenters. The molecule has 2 N–H and O–H groups in total. The highest BCUT2D eigenvalue weighted by Gasteiger charge is 2.08. The average molecular weight is 351 g/mol. The number of aromatic nitrogens is 2. The molecular formula is C17H23ClN4S. The molecule has 6 heteroatoms. The van der Waals surface area contributed by atoms with Crippen LogP contribution in [0.5, 0.6) is 0 Å². The lowest BCUT2D eigenvalue weighted by atomic mass is 10.1. The summed E-state index contributed by atoms with van der Waals surface area (Å²) in [5.41, 5.74) is 4.22. The van der Waals surface area contributed by atoms with Gasteiger partial charge in [0.25, 0.3) is 0 Å². The van der Waals surface area contributed by atoms with Crippen LogP contribution in [0.25, 0.3) is 0 Å². The summed E-state index contributed by atoms with van der Waals surface area (Å²) < 4.78 is 1.94. The molecule has 1 aromatic carbocycles. The van der Waals surface area contributed by atoms with Gasteiger partial charge in [0.1, 0.15) is 0 Å². The Labute approximate surface area is 148 Å². The van der Waals surface area contributed by atoms with Crippen LogP contribution in [0.1, 0.15) is 30.3 Å². The van der Waals surface area contributed by atoms with Crippen LogP contribution in [-0.4, -0.2) is 21.4 Å². The van der Waals surface area contributed by atoms with Crippen LogP contribution in [0.4, 0.5) is 5.69 Å². The number of halogens is 1. The van der Waals surface area contributed by atoms with Gasteiger partial charge in [-0.05, 0) is 56.6 Å². The summed E-state index contributed by atoms with van der Waals surface area (Å²) in [5, 5.41) is 12.2. The zero-order valence-electron chi connectivity index (χ0n) is 13.8. The number of thiocarbonyl (C=S) groups is 1. The second kappa shape index (κ2) is 8.31. The lowest BCUT2D eigenvalue weighted by molar-refractivity contribution is 0.558. The highest BCUT2D eigenvalue weighted by Crippen LogP contribution is 2.18. The van der Waals surface area contributed by atoms with Crippen LogP contribution < -0.4 is 10.6 Å². The number of aryl methyl sites for hydroxylation is 3. The third-order valence-electron chi connectivity index (χ3n) is 3.75. The van der Waals surface area contributed by atoms with E-state index in [0.717, 1.165) is 48.0 Å². The maximum Gasteiger partial charge on any atom is 0.170 e. The number of nitrogens with zero attached hydrogens (tertiary/aromatic N) is 2. The lowest BCUT2D eigenvalue weighted by Crippen LogP contribution is -2.29. The van der Waals surface area contributed by atoms with Gasteiger partial charge in [0.2, 0.25) is 0 Å². The molecule has 0 aliphatic carbocycles. The van der Waals surface area contributed by atoms with E-state index in [1.54, 1.807) is 0 Å². The van der Waals surface area contributed by atoms with Crippen LogP contribution in [0, 0.1) is 13.8 Å². The molecule has 4 nitrogen and oxygen atoms in total. The van der Waals surface area contributed by atoms with Gasteiger partial charge in [0.15, 0.2) is 5.11 Å². The van der Waals surface area contributed by atoms with Crippen molar-refractivity contribution >= 4 is 34.6 Å². The first-order valence-corrected chi connectivity index (χ1v) is 8.63. The number of benzene rings is 1. The minimum atomic E-state index is 0.639. The topological polar surface area (TPSA) is 41.9 Å². The molecule has 0 saturated carbocycles. The third-order valence-corrected chi connectivity index (χ3v) is 4.54.